The van der Waals surface area contributed by atoms with E-state index in [1.807, 2.05) is 0 Å². The van der Waals surface area contributed by atoms with Crippen molar-refractivity contribution in [3.05, 3.63) is 35.4 Å². The number of hydrogen-bond acceptors (Lipinski definition) is 6. The molecule has 3 saturated heterocycles. The number of amides is 3. The Morgan fingerprint density at radius 1 is 1.00 bits per heavy atom. The van der Waals surface area contributed by atoms with Crippen LogP contribution in [0.1, 0.15) is 57.1 Å². The number of likely N-dealkylation sites (tertiary alicyclic amines) is 1. The fraction of sp³-hybridized carbons (Fsp3) is 0.667. The van der Waals surface area contributed by atoms with Gasteiger partial charge in [-0.15, -0.1) is 0 Å². The molecule has 1 saturated carbocycles. The van der Waals surface area contributed by atoms with Crippen LogP contribution in [0.4, 0.5) is 0 Å². The van der Waals surface area contributed by atoms with Gasteiger partial charge in [-0.3, -0.25) is 24.6 Å². The second-order valence-corrected chi connectivity index (χ2v) is 10.7. The van der Waals surface area contributed by atoms with Crippen LogP contribution in [0.3, 0.4) is 0 Å². The van der Waals surface area contributed by atoms with Gasteiger partial charge >= 0.3 is 0 Å². The number of hydrogen-bond donors (Lipinski definition) is 1. The highest BCUT2D eigenvalue weighted by molar-refractivity contribution is 6.02. The van der Waals surface area contributed by atoms with E-state index in [0.717, 1.165) is 44.6 Å². The van der Waals surface area contributed by atoms with Gasteiger partial charge in [0.2, 0.25) is 17.7 Å². The molecular weight excluding hydrogens is 446 g/mol. The van der Waals surface area contributed by atoms with Gasteiger partial charge in [0.15, 0.2) is 0 Å². The van der Waals surface area contributed by atoms with E-state index in [9.17, 15) is 14.4 Å². The standard InChI is InChI=1S/C27H37N3O5/c1-17-14-34-15-18(2)29(17)12-19-6-8-20(9-7-19)16-35-24-5-3-4-21-22(24)13-30(27(21)33)23-10-11-25(31)28-26(23)32/h6-9,17-18,21-24H,3-5,10-16H2,1-2H3,(H,28,31,32)/t17-,18?,21?,22?,23?,24?/m0/s1. The molecule has 0 bridgehead atoms. The molecule has 4 fully saturated rings. The Labute approximate surface area is 207 Å². The van der Waals surface area contributed by atoms with Gasteiger partial charge in [-0.25, -0.2) is 0 Å². The average Bonchev–Trinajstić information content (AvgIpc) is 3.18. The summed E-state index contributed by atoms with van der Waals surface area (Å²) in [6.07, 6.45) is 3.44. The van der Waals surface area contributed by atoms with Crippen LogP contribution < -0.4 is 5.32 Å². The van der Waals surface area contributed by atoms with Crippen molar-refractivity contribution >= 4 is 17.7 Å². The number of carbonyl (C=O) groups is 3. The summed E-state index contributed by atoms with van der Waals surface area (Å²) in [4.78, 5) is 41.2. The lowest BCUT2D eigenvalue weighted by Crippen LogP contribution is -2.53. The van der Waals surface area contributed by atoms with Crippen LogP contribution in [-0.2, 0) is 37.0 Å². The SMILES string of the molecule is CC1COC[C@H](C)N1Cc1ccc(COC2CCCC3C(=O)N(C4CCC(=O)NC4=O)CC23)cc1. The van der Waals surface area contributed by atoms with Crippen LogP contribution in [0.5, 0.6) is 0 Å². The van der Waals surface area contributed by atoms with Gasteiger partial charge in [-0.2, -0.15) is 0 Å². The number of benzene rings is 1. The number of morpholine rings is 1. The minimum Gasteiger partial charge on any atom is -0.378 e. The molecule has 3 amide bonds. The Hall–Kier alpha value is -2.29. The van der Waals surface area contributed by atoms with Crippen LogP contribution >= 0.6 is 0 Å². The first-order valence-electron chi connectivity index (χ1n) is 13.1. The maximum Gasteiger partial charge on any atom is 0.249 e. The molecule has 1 aromatic carbocycles. The van der Waals surface area contributed by atoms with E-state index in [1.54, 1.807) is 4.90 Å². The monoisotopic (exact) mass is 483 g/mol. The summed E-state index contributed by atoms with van der Waals surface area (Å²) in [5.41, 5.74) is 2.42. The van der Waals surface area contributed by atoms with Crippen molar-refractivity contribution in [2.24, 2.45) is 11.8 Å². The maximum absolute atomic E-state index is 13.1. The molecule has 6 atom stereocenters. The molecule has 1 aliphatic carbocycles. The predicted octanol–water partition coefficient (Wildman–Crippen LogP) is 2.24. The van der Waals surface area contributed by atoms with Crippen molar-refractivity contribution in [1.29, 1.82) is 0 Å². The second kappa shape index (κ2) is 10.4. The molecule has 3 heterocycles. The summed E-state index contributed by atoms with van der Waals surface area (Å²) in [7, 11) is 0. The van der Waals surface area contributed by atoms with Gasteiger partial charge in [0.1, 0.15) is 6.04 Å². The minimum absolute atomic E-state index is 0.00529. The topological polar surface area (TPSA) is 88.2 Å². The number of rotatable bonds is 6. The first-order valence-corrected chi connectivity index (χ1v) is 13.1. The number of nitrogens with zero attached hydrogens (tertiary/aromatic N) is 2. The lowest BCUT2D eigenvalue weighted by atomic mass is 9.79. The molecule has 8 heteroatoms. The fourth-order valence-corrected chi connectivity index (χ4v) is 6.28. The zero-order chi connectivity index (χ0) is 24.5. The van der Waals surface area contributed by atoms with E-state index in [2.05, 4.69) is 48.3 Å². The summed E-state index contributed by atoms with van der Waals surface area (Å²) in [5, 5.41) is 2.39. The van der Waals surface area contributed by atoms with E-state index < -0.39 is 6.04 Å². The number of fused-ring (bicyclic) bond motifs is 1. The Bertz CT molecular complexity index is 941. The molecular formula is C27H37N3O5. The van der Waals surface area contributed by atoms with Gasteiger partial charge < -0.3 is 14.4 Å². The molecule has 0 spiro atoms. The Morgan fingerprint density at radius 2 is 1.71 bits per heavy atom. The minimum atomic E-state index is -0.532. The van der Waals surface area contributed by atoms with Crippen molar-refractivity contribution in [2.75, 3.05) is 19.8 Å². The quantitative estimate of drug-likeness (QED) is 0.625. The van der Waals surface area contributed by atoms with Crippen LogP contribution in [0, 0.1) is 11.8 Å². The average molecular weight is 484 g/mol. The van der Waals surface area contributed by atoms with Gasteiger partial charge in [-0.05, 0) is 44.2 Å². The van der Waals surface area contributed by atoms with Crippen LogP contribution in [0.25, 0.3) is 0 Å². The Kier molecular flexibility index (Phi) is 7.23. The lowest BCUT2D eigenvalue weighted by Gasteiger charge is -2.38. The smallest absolute Gasteiger partial charge is 0.249 e. The van der Waals surface area contributed by atoms with Crippen LogP contribution in [-0.4, -0.2) is 71.5 Å². The van der Waals surface area contributed by atoms with Gasteiger partial charge in [0.25, 0.3) is 0 Å². The largest absolute Gasteiger partial charge is 0.378 e. The van der Waals surface area contributed by atoms with Crippen molar-refractivity contribution in [1.82, 2.24) is 15.1 Å². The molecule has 0 aromatic heterocycles. The van der Waals surface area contributed by atoms with Crippen molar-refractivity contribution < 1.29 is 23.9 Å². The number of piperidine rings is 1. The number of imide groups is 1. The molecule has 8 nitrogen and oxygen atoms in total. The van der Waals surface area contributed by atoms with E-state index in [4.69, 9.17) is 9.47 Å². The highest BCUT2D eigenvalue weighted by Gasteiger charge is 2.50. The summed E-state index contributed by atoms with van der Waals surface area (Å²) in [6.45, 7) is 7.96. The van der Waals surface area contributed by atoms with Gasteiger partial charge in [0, 0.05) is 43.4 Å². The number of ether oxygens (including phenoxy) is 2. The van der Waals surface area contributed by atoms with Crippen molar-refractivity contribution in [2.45, 2.75) is 83.3 Å². The summed E-state index contributed by atoms with van der Waals surface area (Å²) in [5.74, 6) is -0.527. The first-order chi connectivity index (χ1) is 16.9. The third-order valence-electron chi connectivity index (χ3n) is 8.29. The summed E-state index contributed by atoms with van der Waals surface area (Å²) < 4.78 is 12.0. The fourth-order valence-electron chi connectivity index (χ4n) is 6.28. The number of carbonyl (C=O) groups excluding carboxylic acids is 3. The molecule has 5 unspecified atom stereocenters. The second-order valence-electron chi connectivity index (χ2n) is 10.7. The lowest BCUT2D eigenvalue weighted by molar-refractivity contribution is -0.144. The third-order valence-corrected chi connectivity index (χ3v) is 8.29. The molecule has 1 aromatic rings. The Balaban J connectivity index is 1.17. The van der Waals surface area contributed by atoms with Gasteiger partial charge in [-0.1, -0.05) is 30.7 Å². The van der Waals surface area contributed by atoms with Crippen molar-refractivity contribution in [3.8, 4) is 0 Å². The maximum atomic E-state index is 13.1. The molecule has 0 radical (unpaired) electrons. The first kappa shape index (κ1) is 24.4. The van der Waals surface area contributed by atoms with Crippen LogP contribution in [0.2, 0.25) is 0 Å². The normalized spacial score (nSPS) is 34.1. The Morgan fingerprint density at radius 3 is 2.43 bits per heavy atom. The zero-order valence-electron chi connectivity index (χ0n) is 20.8. The summed E-state index contributed by atoms with van der Waals surface area (Å²) in [6, 6.07) is 8.94. The highest BCUT2D eigenvalue weighted by Crippen LogP contribution is 2.40. The highest BCUT2D eigenvalue weighted by atomic mass is 16.5. The van der Waals surface area contributed by atoms with E-state index in [0.29, 0.717) is 31.7 Å². The molecule has 3 aliphatic heterocycles. The van der Waals surface area contributed by atoms with Crippen LogP contribution in [0.15, 0.2) is 24.3 Å². The molecule has 4 aliphatic rings. The molecule has 5 rings (SSSR count). The molecule has 190 valence electrons. The molecule has 35 heavy (non-hydrogen) atoms. The van der Waals surface area contributed by atoms with E-state index in [1.165, 1.54) is 5.56 Å². The van der Waals surface area contributed by atoms with E-state index >= 15 is 0 Å². The van der Waals surface area contributed by atoms with Crippen molar-refractivity contribution in [3.63, 3.8) is 0 Å². The number of nitrogens with one attached hydrogen (secondary N) is 1. The molecule has 1 N–H and O–H groups in total. The third kappa shape index (κ3) is 5.15. The zero-order valence-corrected chi connectivity index (χ0v) is 20.8. The van der Waals surface area contributed by atoms with Gasteiger partial charge in [0.05, 0.1) is 25.9 Å². The summed E-state index contributed by atoms with van der Waals surface area (Å²) >= 11 is 0. The van der Waals surface area contributed by atoms with E-state index in [-0.39, 0.29) is 42.1 Å². The predicted molar refractivity (Wildman–Crippen MR) is 129 cm³/mol.